The quantitative estimate of drug-likeness (QED) is 0.155. The Hall–Kier alpha value is -7.54. The molecular formula is C59H34. The zero-order valence-corrected chi connectivity index (χ0v) is 32.1. The molecule has 0 unspecified atom stereocenters. The number of benzene rings is 11. The molecule has 270 valence electrons. The summed E-state index contributed by atoms with van der Waals surface area (Å²) in [4.78, 5) is 0. The Morgan fingerprint density at radius 1 is 0.237 bits per heavy atom. The first-order valence-corrected chi connectivity index (χ1v) is 20.8. The van der Waals surface area contributed by atoms with Crippen LogP contribution in [0.15, 0.2) is 206 Å². The highest BCUT2D eigenvalue weighted by Crippen LogP contribution is 2.67. The Labute approximate surface area is 342 Å². The average Bonchev–Trinajstić information content (AvgIpc) is 3.92. The largest absolute Gasteiger partial charge is 0.0737 e. The minimum absolute atomic E-state index is 0.487. The molecule has 0 nitrogen and oxygen atoms in total. The fourth-order valence-electron chi connectivity index (χ4n) is 11.8. The van der Waals surface area contributed by atoms with Crippen molar-refractivity contribution in [2.45, 2.75) is 5.41 Å². The molecule has 0 heteroatoms. The minimum atomic E-state index is -0.487. The number of rotatable bonds is 2. The summed E-state index contributed by atoms with van der Waals surface area (Å²) in [6.45, 7) is 0. The van der Waals surface area contributed by atoms with E-state index in [0.29, 0.717) is 0 Å². The molecule has 0 N–H and O–H groups in total. The lowest BCUT2D eigenvalue weighted by molar-refractivity contribution is 0.809. The van der Waals surface area contributed by atoms with Crippen LogP contribution in [-0.2, 0) is 5.41 Å². The van der Waals surface area contributed by atoms with E-state index in [0.717, 1.165) is 0 Å². The van der Waals surface area contributed by atoms with Crippen LogP contribution in [0, 0.1) is 0 Å². The fraction of sp³-hybridized carbons (Fsp3) is 0.0169. The Kier molecular flexibility index (Phi) is 6.05. The predicted octanol–water partition coefficient (Wildman–Crippen LogP) is 15.6. The van der Waals surface area contributed by atoms with Crippen LogP contribution in [-0.4, -0.2) is 0 Å². The summed E-state index contributed by atoms with van der Waals surface area (Å²) in [6.07, 6.45) is 0. The highest BCUT2D eigenvalue weighted by Gasteiger charge is 2.54. The molecule has 3 aliphatic carbocycles. The van der Waals surface area contributed by atoms with Crippen molar-refractivity contribution in [1.29, 1.82) is 0 Å². The summed E-state index contributed by atoms with van der Waals surface area (Å²) in [5.74, 6) is 0. The van der Waals surface area contributed by atoms with Gasteiger partial charge in [0.2, 0.25) is 0 Å². The standard InChI is InChI=1S/C59H34/c1-2-15-39-38(14-1)46-25-13-24-45-37(32-33-48(39)55(45)46)35-28-30-36(31-29-35)51-34-52-56-47-21-6-3-16-40(47)41-17-4-8-23-50(41)58(56)59(57(52)49-22-7-5-18-42(49)51)53-26-11-9-19-43(53)44-20-10-12-27-54(44)59/h1-34H. The van der Waals surface area contributed by atoms with Crippen LogP contribution in [0.1, 0.15) is 22.3 Å². The first kappa shape index (κ1) is 31.5. The van der Waals surface area contributed by atoms with Crippen molar-refractivity contribution in [2.75, 3.05) is 0 Å². The molecule has 0 radical (unpaired) electrons. The summed E-state index contributed by atoms with van der Waals surface area (Å²) < 4.78 is 0. The number of fused-ring (bicyclic) bond motifs is 20. The molecule has 0 aromatic heterocycles. The van der Waals surface area contributed by atoms with E-state index in [-0.39, 0.29) is 0 Å². The van der Waals surface area contributed by atoms with Crippen molar-refractivity contribution in [3.63, 3.8) is 0 Å². The molecule has 0 aliphatic heterocycles. The van der Waals surface area contributed by atoms with Gasteiger partial charge in [0.1, 0.15) is 0 Å². The van der Waals surface area contributed by atoms with Crippen molar-refractivity contribution >= 4 is 43.1 Å². The second-order valence-electron chi connectivity index (χ2n) is 16.6. The van der Waals surface area contributed by atoms with Crippen LogP contribution in [0.5, 0.6) is 0 Å². The van der Waals surface area contributed by atoms with Crippen LogP contribution in [0.2, 0.25) is 0 Å². The van der Waals surface area contributed by atoms with E-state index in [4.69, 9.17) is 0 Å². The van der Waals surface area contributed by atoms with Gasteiger partial charge in [-0.3, -0.25) is 0 Å². The zero-order chi connectivity index (χ0) is 38.4. The monoisotopic (exact) mass is 742 g/mol. The number of hydrogen-bond acceptors (Lipinski definition) is 0. The molecule has 0 bridgehead atoms. The Bertz CT molecular complexity index is 3580. The van der Waals surface area contributed by atoms with Gasteiger partial charge >= 0.3 is 0 Å². The van der Waals surface area contributed by atoms with Crippen LogP contribution in [0.4, 0.5) is 0 Å². The van der Waals surface area contributed by atoms with Crippen molar-refractivity contribution in [3.8, 4) is 66.8 Å². The summed E-state index contributed by atoms with van der Waals surface area (Å²) in [5, 5.41) is 10.5. The van der Waals surface area contributed by atoms with Gasteiger partial charge in [-0.15, -0.1) is 0 Å². The van der Waals surface area contributed by atoms with Gasteiger partial charge in [-0.2, -0.15) is 0 Å². The van der Waals surface area contributed by atoms with E-state index >= 15 is 0 Å². The van der Waals surface area contributed by atoms with Gasteiger partial charge in [0.15, 0.2) is 0 Å². The van der Waals surface area contributed by atoms with E-state index in [1.54, 1.807) is 0 Å². The van der Waals surface area contributed by atoms with Crippen molar-refractivity contribution in [2.24, 2.45) is 0 Å². The number of hydrogen-bond donors (Lipinski definition) is 0. The summed E-state index contributed by atoms with van der Waals surface area (Å²) in [7, 11) is 0. The van der Waals surface area contributed by atoms with Crippen LogP contribution < -0.4 is 0 Å². The maximum absolute atomic E-state index is 2.54. The molecule has 14 rings (SSSR count). The van der Waals surface area contributed by atoms with E-state index in [1.165, 1.54) is 132 Å². The smallest absolute Gasteiger partial charge is 0.0619 e. The molecule has 11 aromatic rings. The Morgan fingerprint density at radius 3 is 1.34 bits per heavy atom. The van der Waals surface area contributed by atoms with Crippen LogP contribution in [0.3, 0.4) is 0 Å². The Morgan fingerprint density at radius 2 is 0.678 bits per heavy atom. The topological polar surface area (TPSA) is 0 Å². The van der Waals surface area contributed by atoms with E-state index in [9.17, 15) is 0 Å². The molecular weight excluding hydrogens is 709 g/mol. The highest BCUT2D eigenvalue weighted by molar-refractivity contribution is 6.23. The third-order valence-corrected chi connectivity index (χ3v) is 14.0. The van der Waals surface area contributed by atoms with Gasteiger partial charge in [-0.1, -0.05) is 200 Å². The lowest BCUT2D eigenvalue weighted by Gasteiger charge is -2.33. The van der Waals surface area contributed by atoms with Gasteiger partial charge in [-0.25, -0.2) is 0 Å². The molecule has 0 atom stereocenters. The molecule has 1 spiro atoms. The molecule has 0 saturated carbocycles. The van der Waals surface area contributed by atoms with Crippen LogP contribution >= 0.6 is 0 Å². The van der Waals surface area contributed by atoms with E-state index in [2.05, 4.69) is 206 Å². The third-order valence-electron chi connectivity index (χ3n) is 14.0. The van der Waals surface area contributed by atoms with Crippen molar-refractivity contribution < 1.29 is 0 Å². The molecule has 0 fully saturated rings. The first-order valence-electron chi connectivity index (χ1n) is 20.8. The Balaban J connectivity index is 1.06. The second-order valence-corrected chi connectivity index (χ2v) is 16.6. The molecule has 0 saturated heterocycles. The van der Waals surface area contributed by atoms with Crippen molar-refractivity contribution in [1.82, 2.24) is 0 Å². The summed E-state index contributed by atoms with van der Waals surface area (Å²) in [5.41, 5.74) is 20.8. The molecule has 3 aliphatic rings. The molecule has 59 heavy (non-hydrogen) atoms. The van der Waals surface area contributed by atoms with Crippen LogP contribution in [0.25, 0.3) is 110 Å². The second kappa shape index (κ2) is 11.3. The zero-order valence-electron chi connectivity index (χ0n) is 32.1. The highest BCUT2D eigenvalue weighted by atomic mass is 14.5. The first-order chi connectivity index (χ1) is 29.3. The lowest BCUT2D eigenvalue weighted by atomic mass is 9.68. The van der Waals surface area contributed by atoms with Gasteiger partial charge in [0, 0.05) is 0 Å². The minimum Gasteiger partial charge on any atom is -0.0619 e. The van der Waals surface area contributed by atoms with Gasteiger partial charge in [0.05, 0.1) is 5.41 Å². The van der Waals surface area contributed by atoms with Gasteiger partial charge in [-0.05, 0) is 138 Å². The molecule has 0 amide bonds. The predicted molar refractivity (Wildman–Crippen MR) is 248 cm³/mol. The van der Waals surface area contributed by atoms with Crippen molar-refractivity contribution in [3.05, 3.63) is 229 Å². The lowest BCUT2D eigenvalue weighted by Crippen LogP contribution is -2.26. The maximum Gasteiger partial charge on any atom is 0.0737 e. The van der Waals surface area contributed by atoms with Gasteiger partial charge < -0.3 is 0 Å². The third kappa shape index (κ3) is 3.85. The SMILES string of the molecule is c1ccc2c(c1)-c1cccc3c(-c4ccc(-c5cc6c(c7ccccc57)C5(c7ccccc7-c7ccccc75)c5c-6c6ccccc6c6ccccc56)cc4)ccc-2c13. The van der Waals surface area contributed by atoms with E-state index < -0.39 is 5.41 Å². The van der Waals surface area contributed by atoms with Gasteiger partial charge in [0.25, 0.3) is 0 Å². The average molecular weight is 743 g/mol. The fourth-order valence-corrected chi connectivity index (χ4v) is 11.8. The summed E-state index contributed by atoms with van der Waals surface area (Å²) in [6, 6.07) is 78.0. The molecule has 0 heterocycles. The normalized spacial score (nSPS) is 13.6. The maximum atomic E-state index is 2.54. The van der Waals surface area contributed by atoms with E-state index in [1.807, 2.05) is 0 Å². The molecule has 11 aromatic carbocycles. The summed E-state index contributed by atoms with van der Waals surface area (Å²) >= 11 is 0.